The van der Waals surface area contributed by atoms with Gasteiger partial charge in [0.15, 0.2) is 0 Å². The first-order valence-corrected chi connectivity index (χ1v) is 5.24. The molecule has 82 valence electrons. The van der Waals surface area contributed by atoms with E-state index in [2.05, 4.69) is 5.32 Å². The molecule has 2 atom stereocenters. The average Bonchev–Trinajstić information content (AvgIpc) is 2.67. The third-order valence-electron chi connectivity index (χ3n) is 2.40. The molecule has 0 aliphatic carbocycles. The summed E-state index contributed by atoms with van der Waals surface area (Å²) in [5, 5.41) is 11.4. The maximum absolute atomic E-state index is 11.3. The fourth-order valence-corrected chi connectivity index (χ4v) is 1.56. The van der Waals surface area contributed by atoms with Gasteiger partial charge in [-0.2, -0.15) is 0 Å². The molecule has 1 aliphatic rings. The minimum absolute atomic E-state index is 0.00190. The van der Waals surface area contributed by atoms with Crippen LogP contribution in [0.25, 0.3) is 0 Å². The van der Waals surface area contributed by atoms with Gasteiger partial charge in [0.2, 0.25) is 5.91 Å². The lowest BCUT2D eigenvalue weighted by molar-refractivity contribution is -0.122. The summed E-state index contributed by atoms with van der Waals surface area (Å²) in [6.07, 6.45) is 3.74. The van der Waals surface area contributed by atoms with Gasteiger partial charge in [0.05, 0.1) is 12.7 Å². The standard InChI is InChI=1S/C10H19NO3/c1-8(7-12)11-10(13)5-4-9-3-2-6-14-9/h8-9,12H,2-7H2,1H3,(H,11,13)/t8-,9-/m0/s1. The van der Waals surface area contributed by atoms with Crippen LogP contribution in [0.2, 0.25) is 0 Å². The Morgan fingerprint density at radius 1 is 1.71 bits per heavy atom. The molecule has 0 saturated carbocycles. The molecule has 4 nitrogen and oxygen atoms in total. The maximum Gasteiger partial charge on any atom is 0.220 e. The second-order valence-corrected chi connectivity index (χ2v) is 3.82. The molecule has 0 unspecified atom stereocenters. The van der Waals surface area contributed by atoms with Crippen molar-refractivity contribution in [2.24, 2.45) is 0 Å². The first-order valence-electron chi connectivity index (χ1n) is 5.24. The number of amides is 1. The number of nitrogens with one attached hydrogen (secondary N) is 1. The molecule has 1 heterocycles. The van der Waals surface area contributed by atoms with Gasteiger partial charge in [-0.05, 0) is 26.2 Å². The Balaban J connectivity index is 2.08. The minimum Gasteiger partial charge on any atom is -0.394 e. The summed E-state index contributed by atoms with van der Waals surface area (Å²) in [5.74, 6) is 0.00190. The Hall–Kier alpha value is -0.610. The third kappa shape index (κ3) is 4.07. The van der Waals surface area contributed by atoms with E-state index in [-0.39, 0.29) is 24.7 Å². The van der Waals surface area contributed by atoms with E-state index < -0.39 is 0 Å². The smallest absolute Gasteiger partial charge is 0.220 e. The highest BCUT2D eigenvalue weighted by Crippen LogP contribution is 2.16. The van der Waals surface area contributed by atoms with Gasteiger partial charge in [-0.25, -0.2) is 0 Å². The largest absolute Gasteiger partial charge is 0.394 e. The summed E-state index contributed by atoms with van der Waals surface area (Å²) in [5.41, 5.74) is 0. The normalized spacial score (nSPS) is 23.4. The number of hydrogen-bond acceptors (Lipinski definition) is 3. The van der Waals surface area contributed by atoms with Gasteiger partial charge in [0, 0.05) is 19.1 Å². The second-order valence-electron chi connectivity index (χ2n) is 3.82. The summed E-state index contributed by atoms with van der Waals surface area (Å²) in [6, 6.07) is -0.146. The van der Waals surface area contributed by atoms with Crippen LogP contribution in [0.1, 0.15) is 32.6 Å². The maximum atomic E-state index is 11.3. The van der Waals surface area contributed by atoms with Gasteiger partial charge >= 0.3 is 0 Å². The van der Waals surface area contributed by atoms with E-state index in [9.17, 15) is 4.79 Å². The fraction of sp³-hybridized carbons (Fsp3) is 0.900. The summed E-state index contributed by atoms with van der Waals surface area (Å²) >= 11 is 0. The molecule has 0 radical (unpaired) electrons. The van der Waals surface area contributed by atoms with Crippen LogP contribution in [-0.4, -0.2) is 36.4 Å². The highest BCUT2D eigenvalue weighted by molar-refractivity contribution is 5.76. The molecular weight excluding hydrogens is 182 g/mol. The summed E-state index contributed by atoms with van der Waals surface area (Å²) in [7, 11) is 0. The van der Waals surface area contributed by atoms with Gasteiger partial charge in [-0.3, -0.25) is 4.79 Å². The Bertz CT molecular complexity index is 178. The van der Waals surface area contributed by atoms with Crippen LogP contribution in [0.4, 0.5) is 0 Å². The van der Waals surface area contributed by atoms with E-state index in [1.165, 1.54) is 0 Å². The van der Waals surface area contributed by atoms with Crippen LogP contribution in [-0.2, 0) is 9.53 Å². The van der Waals surface area contributed by atoms with Crippen LogP contribution in [0.5, 0.6) is 0 Å². The van der Waals surface area contributed by atoms with Crippen LogP contribution in [0.3, 0.4) is 0 Å². The van der Waals surface area contributed by atoms with Gasteiger partial charge in [0.1, 0.15) is 0 Å². The van der Waals surface area contributed by atoms with Gasteiger partial charge in [-0.1, -0.05) is 0 Å². The van der Waals surface area contributed by atoms with Crippen molar-refractivity contribution in [2.45, 2.75) is 44.8 Å². The van der Waals surface area contributed by atoms with Crippen LogP contribution < -0.4 is 5.32 Å². The van der Waals surface area contributed by atoms with Crippen molar-refractivity contribution in [3.05, 3.63) is 0 Å². The fourth-order valence-electron chi connectivity index (χ4n) is 1.56. The van der Waals surface area contributed by atoms with Gasteiger partial charge < -0.3 is 15.2 Å². The highest BCUT2D eigenvalue weighted by atomic mass is 16.5. The first-order chi connectivity index (χ1) is 6.72. The number of ether oxygens (including phenoxy) is 1. The van der Waals surface area contributed by atoms with Crippen molar-refractivity contribution in [1.82, 2.24) is 5.32 Å². The number of hydrogen-bond donors (Lipinski definition) is 2. The molecular formula is C10H19NO3. The highest BCUT2D eigenvalue weighted by Gasteiger charge is 2.16. The SMILES string of the molecule is C[C@@H](CO)NC(=O)CC[C@@H]1CCCO1. The Labute approximate surface area is 84.6 Å². The van der Waals surface area contributed by atoms with E-state index in [0.29, 0.717) is 6.42 Å². The zero-order chi connectivity index (χ0) is 10.4. The number of carbonyl (C=O) groups excluding carboxylic acids is 1. The van der Waals surface area contributed by atoms with Crippen molar-refractivity contribution in [1.29, 1.82) is 0 Å². The molecule has 1 saturated heterocycles. The molecule has 1 rings (SSSR count). The number of aliphatic hydroxyl groups excluding tert-OH is 1. The summed E-state index contributed by atoms with van der Waals surface area (Å²) in [6.45, 7) is 2.61. The molecule has 1 amide bonds. The number of aliphatic hydroxyl groups is 1. The van der Waals surface area contributed by atoms with E-state index in [1.54, 1.807) is 6.92 Å². The molecule has 1 aliphatic heterocycles. The lowest BCUT2D eigenvalue weighted by atomic mass is 10.1. The lowest BCUT2D eigenvalue weighted by Gasteiger charge is -2.12. The molecule has 0 aromatic heterocycles. The predicted octanol–water partition coefficient (Wildman–Crippen LogP) is 0.443. The lowest BCUT2D eigenvalue weighted by Crippen LogP contribution is -2.35. The monoisotopic (exact) mass is 201 g/mol. The summed E-state index contributed by atoms with van der Waals surface area (Å²) in [4.78, 5) is 11.3. The van der Waals surface area contributed by atoms with Crippen molar-refractivity contribution in [3.63, 3.8) is 0 Å². The molecule has 0 aromatic rings. The third-order valence-corrected chi connectivity index (χ3v) is 2.40. The number of rotatable bonds is 5. The molecule has 2 N–H and O–H groups in total. The topological polar surface area (TPSA) is 58.6 Å². The summed E-state index contributed by atoms with van der Waals surface area (Å²) < 4.78 is 5.41. The quantitative estimate of drug-likeness (QED) is 0.678. The zero-order valence-corrected chi connectivity index (χ0v) is 8.66. The molecule has 0 aromatic carbocycles. The van der Waals surface area contributed by atoms with E-state index in [4.69, 9.17) is 9.84 Å². The van der Waals surface area contributed by atoms with Crippen LogP contribution in [0, 0.1) is 0 Å². The van der Waals surface area contributed by atoms with Crippen LogP contribution >= 0.6 is 0 Å². The van der Waals surface area contributed by atoms with E-state index in [1.807, 2.05) is 0 Å². The van der Waals surface area contributed by atoms with Crippen molar-refractivity contribution in [2.75, 3.05) is 13.2 Å². The zero-order valence-electron chi connectivity index (χ0n) is 8.66. The van der Waals surface area contributed by atoms with E-state index >= 15 is 0 Å². The molecule has 1 fully saturated rings. The van der Waals surface area contributed by atoms with Gasteiger partial charge in [-0.15, -0.1) is 0 Å². The molecule has 14 heavy (non-hydrogen) atoms. The molecule has 0 bridgehead atoms. The first kappa shape index (κ1) is 11.5. The van der Waals surface area contributed by atoms with Crippen molar-refractivity contribution in [3.8, 4) is 0 Å². The number of carbonyl (C=O) groups is 1. The van der Waals surface area contributed by atoms with Gasteiger partial charge in [0.25, 0.3) is 0 Å². The predicted molar refractivity (Wildman–Crippen MR) is 52.9 cm³/mol. The minimum atomic E-state index is -0.146. The molecule has 0 spiro atoms. The van der Waals surface area contributed by atoms with Crippen LogP contribution in [0.15, 0.2) is 0 Å². The Morgan fingerprint density at radius 2 is 2.50 bits per heavy atom. The van der Waals surface area contributed by atoms with Crippen molar-refractivity contribution >= 4 is 5.91 Å². The molecule has 4 heteroatoms. The average molecular weight is 201 g/mol. The van der Waals surface area contributed by atoms with Crippen molar-refractivity contribution < 1.29 is 14.6 Å². The Kier molecular flexibility index (Phi) is 4.90. The Morgan fingerprint density at radius 3 is 3.07 bits per heavy atom. The van der Waals surface area contributed by atoms with E-state index in [0.717, 1.165) is 25.9 Å². The second kappa shape index (κ2) is 5.98.